The van der Waals surface area contributed by atoms with Crippen LogP contribution in [0, 0.1) is 0 Å². The van der Waals surface area contributed by atoms with Gasteiger partial charge in [-0.1, -0.05) is 30.3 Å². The van der Waals surface area contributed by atoms with Crippen LogP contribution in [0.3, 0.4) is 0 Å². The van der Waals surface area contributed by atoms with Crippen LogP contribution in [-0.4, -0.2) is 12.9 Å². The summed E-state index contributed by atoms with van der Waals surface area (Å²) in [5.41, 5.74) is 0.943. The fraction of sp³-hybridized carbons (Fsp3) is 0.188. The van der Waals surface area contributed by atoms with Crippen LogP contribution >= 0.6 is 0 Å². The van der Waals surface area contributed by atoms with Gasteiger partial charge in [-0.3, -0.25) is 4.79 Å². The number of hydrogen-bond acceptors (Lipinski definition) is 3. The summed E-state index contributed by atoms with van der Waals surface area (Å²) in [6, 6.07) is 12.0. The van der Waals surface area contributed by atoms with Gasteiger partial charge in [-0.15, -0.1) is 0 Å². The molecule has 3 rings (SSSR count). The Morgan fingerprint density at radius 1 is 1.21 bits per heavy atom. The molecule has 96 valence electrons. The largest absolute Gasteiger partial charge is 0.496 e. The zero-order chi connectivity index (χ0) is 13.2. The molecule has 0 aliphatic carbocycles. The second-order valence-corrected chi connectivity index (χ2v) is 4.50. The number of ketones is 1. The number of fused-ring (bicyclic) bond motifs is 1. The first-order valence-electron chi connectivity index (χ1n) is 6.20. The smallest absolute Gasteiger partial charge is 0.162 e. The Morgan fingerprint density at radius 2 is 2.05 bits per heavy atom. The summed E-state index contributed by atoms with van der Waals surface area (Å²) >= 11 is 0. The molecule has 0 saturated heterocycles. The summed E-state index contributed by atoms with van der Waals surface area (Å²) < 4.78 is 11.0. The van der Waals surface area contributed by atoms with Crippen LogP contribution in [-0.2, 0) is 9.53 Å². The lowest BCUT2D eigenvalue weighted by molar-refractivity contribution is -0.118. The second kappa shape index (κ2) is 4.76. The molecule has 0 bridgehead atoms. The Bertz CT molecular complexity index is 658. The molecule has 2 aromatic rings. The summed E-state index contributed by atoms with van der Waals surface area (Å²) in [5.74, 6) is 0.832. The number of carbonyl (C=O) groups excluding carboxylic acids is 1. The maximum atomic E-state index is 11.6. The highest BCUT2D eigenvalue weighted by Gasteiger charge is 2.24. The third-order valence-corrected chi connectivity index (χ3v) is 3.36. The maximum absolute atomic E-state index is 11.6. The normalized spacial score (nSPS) is 18.4. The van der Waals surface area contributed by atoms with E-state index in [0.29, 0.717) is 6.42 Å². The molecule has 19 heavy (non-hydrogen) atoms. The van der Waals surface area contributed by atoms with Crippen LogP contribution in [0.5, 0.6) is 5.75 Å². The van der Waals surface area contributed by atoms with Gasteiger partial charge < -0.3 is 9.47 Å². The zero-order valence-corrected chi connectivity index (χ0v) is 10.6. The molecule has 0 N–H and O–H groups in total. The van der Waals surface area contributed by atoms with E-state index < -0.39 is 0 Å². The average Bonchev–Trinajstić information content (AvgIpc) is 2.46. The van der Waals surface area contributed by atoms with Crippen molar-refractivity contribution in [1.29, 1.82) is 0 Å². The molecule has 1 aliphatic heterocycles. The lowest BCUT2D eigenvalue weighted by Crippen LogP contribution is -2.12. The van der Waals surface area contributed by atoms with Crippen LogP contribution in [0.15, 0.2) is 48.7 Å². The summed E-state index contributed by atoms with van der Waals surface area (Å²) in [7, 11) is 1.63. The lowest BCUT2D eigenvalue weighted by Gasteiger charge is -2.22. The molecule has 1 unspecified atom stereocenters. The third-order valence-electron chi connectivity index (χ3n) is 3.36. The van der Waals surface area contributed by atoms with Crippen LogP contribution in [0.25, 0.3) is 10.8 Å². The maximum Gasteiger partial charge on any atom is 0.162 e. The number of benzene rings is 2. The van der Waals surface area contributed by atoms with Crippen LogP contribution in [0.1, 0.15) is 18.1 Å². The summed E-state index contributed by atoms with van der Waals surface area (Å²) in [6.45, 7) is 0. The van der Waals surface area contributed by atoms with Crippen molar-refractivity contribution >= 4 is 16.6 Å². The molecule has 3 nitrogen and oxygen atoms in total. The number of allylic oxidation sites excluding steroid dienone is 1. The van der Waals surface area contributed by atoms with Crippen molar-refractivity contribution in [2.24, 2.45) is 0 Å². The van der Waals surface area contributed by atoms with Crippen LogP contribution in [0.4, 0.5) is 0 Å². The Morgan fingerprint density at radius 3 is 2.84 bits per heavy atom. The third kappa shape index (κ3) is 2.08. The molecule has 1 aliphatic rings. The van der Waals surface area contributed by atoms with Gasteiger partial charge in [0.2, 0.25) is 0 Å². The SMILES string of the molecule is COc1ccc2ccccc2c1C1CC(=O)C=CO1. The van der Waals surface area contributed by atoms with E-state index in [1.807, 2.05) is 36.4 Å². The van der Waals surface area contributed by atoms with Crippen molar-refractivity contribution in [3.05, 3.63) is 54.3 Å². The number of methoxy groups -OCH3 is 1. The topological polar surface area (TPSA) is 35.5 Å². The van der Waals surface area contributed by atoms with Crippen LogP contribution in [0.2, 0.25) is 0 Å². The van der Waals surface area contributed by atoms with Gasteiger partial charge in [-0.05, 0) is 16.8 Å². The van der Waals surface area contributed by atoms with E-state index in [9.17, 15) is 4.79 Å². The number of carbonyl (C=O) groups is 1. The quantitative estimate of drug-likeness (QED) is 0.824. The van der Waals surface area contributed by atoms with Gasteiger partial charge in [0.15, 0.2) is 5.78 Å². The molecule has 0 aromatic heterocycles. The molecule has 1 atom stereocenters. The van der Waals surface area contributed by atoms with Gasteiger partial charge in [0, 0.05) is 11.6 Å². The van der Waals surface area contributed by atoms with E-state index in [4.69, 9.17) is 9.47 Å². The lowest BCUT2D eigenvalue weighted by atomic mass is 9.95. The summed E-state index contributed by atoms with van der Waals surface area (Å²) in [4.78, 5) is 11.6. The number of hydrogen-bond donors (Lipinski definition) is 0. The fourth-order valence-electron chi connectivity index (χ4n) is 2.46. The first kappa shape index (κ1) is 11.8. The molecule has 0 amide bonds. The fourth-order valence-corrected chi connectivity index (χ4v) is 2.46. The summed E-state index contributed by atoms with van der Waals surface area (Å²) in [6.07, 6.45) is 3.01. The van der Waals surface area contributed by atoms with Gasteiger partial charge in [-0.2, -0.15) is 0 Å². The molecular weight excluding hydrogens is 240 g/mol. The Hall–Kier alpha value is -2.29. The minimum absolute atomic E-state index is 0.0752. The van der Waals surface area contributed by atoms with E-state index in [0.717, 1.165) is 22.1 Å². The van der Waals surface area contributed by atoms with Crippen LogP contribution < -0.4 is 4.74 Å². The highest BCUT2D eigenvalue weighted by Crippen LogP contribution is 2.37. The van der Waals surface area contributed by atoms with Crippen molar-refractivity contribution in [3.63, 3.8) is 0 Å². The summed E-state index contributed by atoms with van der Waals surface area (Å²) in [5, 5.41) is 2.18. The average molecular weight is 254 g/mol. The molecule has 0 fully saturated rings. The van der Waals surface area contributed by atoms with Gasteiger partial charge in [0.25, 0.3) is 0 Å². The van der Waals surface area contributed by atoms with E-state index in [1.54, 1.807) is 7.11 Å². The number of ether oxygens (including phenoxy) is 2. The van der Waals surface area contributed by atoms with Crippen molar-refractivity contribution in [3.8, 4) is 5.75 Å². The predicted molar refractivity (Wildman–Crippen MR) is 73.1 cm³/mol. The first-order valence-corrected chi connectivity index (χ1v) is 6.20. The molecule has 1 heterocycles. The highest BCUT2D eigenvalue weighted by atomic mass is 16.5. The molecular formula is C16H14O3. The molecule has 0 saturated carbocycles. The van der Waals surface area contributed by atoms with E-state index >= 15 is 0 Å². The highest BCUT2D eigenvalue weighted by molar-refractivity contribution is 5.93. The molecule has 0 radical (unpaired) electrons. The van der Waals surface area contributed by atoms with Crippen molar-refractivity contribution in [1.82, 2.24) is 0 Å². The monoisotopic (exact) mass is 254 g/mol. The van der Waals surface area contributed by atoms with Crippen molar-refractivity contribution < 1.29 is 14.3 Å². The van der Waals surface area contributed by atoms with Crippen molar-refractivity contribution in [2.75, 3.05) is 7.11 Å². The standard InChI is InChI=1S/C16H14O3/c1-18-14-7-6-11-4-2-3-5-13(11)16(14)15-10-12(17)8-9-19-15/h2-9,15H,10H2,1H3. The minimum atomic E-state index is -0.279. The van der Waals surface area contributed by atoms with Gasteiger partial charge in [-0.25, -0.2) is 0 Å². The van der Waals surface area contributed by atoms with Gasteiger partial charge in [0.1, 0.15) is 11.9 Å². The molecule has 2 aromatic carbocycles. The van der Waals surface area contributed by atoms with Crippen molar-refractivity contribution in [2.45, 2.75) is 12.5 Å². The predicted octanol–water partition coefficient (Wildman–Crippen LogP) is 3.39. The Labute approximate surface area is 111 Å². The second-order valence-electron chi connectivity index (χ2n) is 4.50. The van der Waals surface area contributed by atoms with Gasteiger partial charge in [0.05, 0.1) is 19.8 Å². The van der Waals surface area contributed by atoms with E-state index in [2.05, 4.69) is 0 Å². The zero-order valence-electron chi connectivity index (χ0n) is 10.6. The van der Waals surface area contributed by atoms with E-state index in [-0.39, 0.29) is 11.9 Å². The first-order chi connectivity index (χ1) is 9.29. The minimum Gasteiger partial charge on any atom is -0.496 e. The molecule has 0 spiro atoms. The Kier molecular flexibility index (Phi) is 2.95. The number of rotatable bonds is 2. The Balaban J connectivity index is 2.19. The van der Waals surface area contributed by atoms with E-state index in [1.165, 1.54) is 12.3 Å². The van der Waals surface area contributed by atoms with Gasteiger partial charge >= 0.3 is 0 Å². The molecule has 3 heteroatoms.